The summed E-state index contributed by atoms with van der Waals surface area (Å²) in [7, 11) is -1.59. The Bertz CT molecular complexity index is 1040. The van der Waals surface area contributed by atoms with E-state index in [0.29, 0.717) is 17.0 Å². The molecule has 0 fully saturated rings. The van der Waals surface area contributed by atoms with Crippen molar-refractivity contribution in [2.45, 2.75) is 18.4 Å². The van der Waals surface area contributed by atoms with Crippen LogP contribution in [0.3, 0.4) is 0 Å². The van der Waals surface area contributed by atoms with Crippen LogP contribution in [0.1, 0.15) is 11.1 Å². The molecule has 0 N–H and O–H groups in total. The van der Waals surface area contributed by atoms with Crippen molar-refractivity contribution in [3.05, 3.63) is 59.8 Å². The van der Waals surface area contributed by atoms with E-state index in [1.165, 1.54) is 3.97 Å². The number of hydrogen-bond donors (Lipinski definition) is 0. The van der Waals surface area contributed by atoms with Gasteiger partial charge in [-0.1, -0.05) is 17.7 Å². The highest BCUT2D eigenvalue weighted by Gasteiger charge is 2.22. The topological polar surface area (TPSA) is 51.5 Å². The van der Waals surface area contributed by atoms with Gasteiger partial charge in [-0.25, -0.2) is 12.4 Å². The first kappa shape index (κ1) is 16.2. The second kappa shape index (κ2) is 5.89. The Labute approximate surface area is 147 Å². The number of nitrogens with zero attached hydrogens (tertiary/aromatic N) is 2. The fraction of sp³-hybridized carbons (Fsp3) is 0.263. The number of fused-ring (bicyclic) bond motifs is 3. The van der Waals surface area contributed by atoms with E-state index >= 15 is 0 Å². The van der Waals surface area contributed by atoms with Gasteiger partial charge in [0.15, 0.2) is 0 Å². The van der Waals surface area contributed by atoms with Gasteiger partial charge in [-0.05, 0) is 44.3 Å². The number of ether oxygens (including phenoxy) is 1. The molecule has 0 saturated heterocycles. The predicted molar refractivity (Wildman–Crippen MR) is 97.5 cm³/mol. The van der Waals surface area contributed by atoms with Crippen molar-refractivity contribution in [2.75, 3.05) is 20.2 Å². The summed E-state index contributed by atoms with van der Waals surface area (Å²) in [5.41, 5.74) is 2.75. The Kier molecular flexibility index (Phi) is 3.81. The number of benzene rings is 2. The van der Waals surface area contributed by atoms with E-state index in [0.717, 1.165) is 35.4 Å². The minimum atomic E-state index is -3.63. The van der Waals surface area contributed by atoms with Crippen molar-refractivity contribution in [3.8, 4) is 5.75 Å². The maximum Gasteiger partial charge on any atom is 0.268 e. The van der Waals surface area contributed by atoms with Crippen LogP contribution in [-0.2, 0) is 16.6 Å². The van der Waals surface area contributed by atoms with E-state index in [4.69, 9.17) is 4.74 Å². The summed E-state index contributed by atoms with van der Waals surface area (Å²) in [6, 6.07) is 12.5. The first-order chi connectivity index (χ1) is 12.0. The van der Waals surface area contributed by atoms with E-state index < -0.39 is 10.0 Å². The standard InChI is InChI=1S/C19H20N2O3S/c1-14-3-5-15(6-4-14)25(22,23)21-10-9-16-17-13-20(2)11-12-24-19(17)8-7-18(16)21/h3-10H,11-13H2,1-2H3. The van der Waals surface area contributed by atoms with Crippen molar-refractivity contribution >= 4 is 20.9 Å². The molecule has 0 radical (unpaired) electrons. The summed E-state index contributed by atoms with van der Waals surface area (Å²) in [5.74, 6) is 0.835. The molecule has 0 atom stereocenters. The molecule has 1 aliphatic rings. The van der Waals surface area contributed by atoms with Crippen LogP contribution in [0.5, 0.6) is 5.75 Å². The highest BCUT2D eigenvalue weighted by Crippen LogP contribution is 2.33. The lowest BCUT2D eigenvalue weighted by atomic mass is 10.1. The molecular formula is C19H20N2O3S. The third-order valence-corrected chi connectivity index (χ3v) is 6.35. The normalized spacial score (nSPS) is 15.6. The molecule has 0 saturated carbocycles. The van der Waals surface area contributed by atoms with Crippen molar-refractivity contribution in [2.24, 2.45) is 0 Å². The highest BCUT2D eigenvalue weighted by molar-refractivity contribution is 7.90. The van der Waals surface area contributed by atoms with Crippen LogP contribution in [0.15, 0.2) is 53.6 Å². The monoisotopic (exact) mass is 356 g/mol. The third-order valence-electron chi connectivity index (χ3n) is 4.64. The molecule has 25 heavy (non-hydrogen) atoms. The van der Waals surface area contributed by atoms with Gasteiger partial charge in [0.1, 0.15) is 12.4 Å². The molecule has 0 aliphatic carbocycles. The molecule has 3 aromatic rings. The molecule has 0 amide bonds. The molecule has 0 bridgehead atoms. The molecule has 6 heteroatoms. The van der Waals surface area contributed by atoms with Gasteiger partial charge in [-0.15, -0.1) is 0 Å². The molecular weight excluding hydrogens is 336 g/mol. The minimum absolute atomic E-state index is 0.291. The second-order valence-electron chi connectivity index (χ2n) is 6.49. The number of aromatic nitrogens is 1. The number of hydrogen-bond acceptors (Lipinski definition) is 4. The van der Waals surface area contributed by atoms with Crippen molar-refractivity contribution in [3.63, 3.8) is 0 Å². The summed E-state index contributed by atoms with van der Waals surface area (Å²) in [6.45, 7) is 4.16. The first-order valence-electron chi connectivity index (χ1n) is 8.23. The number of aryl methyl sites for hydroxylation is 1. The number of rotatable bonds is 2. The van der Waals surface area contributed by atoms with Gasteiger partial charge in [0, 0.05) is 30.2 Å². The fourth-order valence-electron chi connectivity index (χ4n) is 3.23. The molecule has 130 valence electrons. The van der Waals surface area contributed by atoms with Crippen molar-refractivity contribution < 1.29 is 13.2 Å². The van der Waals surface area contributed by atoms with Crippen molar-refractivity contribution in [1.82, 2.24) is 8.87 Å². The van der Waals surface area contributed by atoms with Gasteiger partial charge in [0.25, 0.3) is 10.0 Å². The van der Waals surface area contributed by atoms with Crippen LogP contribution in [-0.4, -0.2) is 37.5 Å². The van der Waals surface area contributed by atoms with Gasteiger partial charge < -0.3 is 4.74 Å². The van der Waals surface area contributed by atoms with E-state index in [-0.39, 0.29) is 0 Å². The Morgan fingerprint density at radius 3 is 2.56 bits per heavy atom. The lowest BCUT2D eigenvalue weighted by Crippen LogP contribution is -2.20. The average Bonchev–Trinajstić information content (AvgIpc) is 2.93. The summed E-state index contributed by atoms with van der Waals surface area (Å²) in [4.78, 5) is 2.47. The zero-order valence-electron chi connectivity index (χ0n) is 14.3. The van der Waals surface area contributed by atoms with Gasteiger partial charge >= 0.3 is 0 Å². The Hall–Kier alpha value is -2.31. The lowest BCUT2D eigenvalue weighted by molar-refractivity contribution is 0.259. The molecule has 2 aromatic carbocycles. The van der Waals surface area contributed by atoms with Crippen LogP contribution in [0.25, 0.3) is 10.9 Å². The van der Waals surface area contributed by atoms with Gasteiger partial charge in [-0.2, -0.15) is 0 Å². The zero-order valence-corrected chi connectivity index (χ0v) is 15.1. The van der Waals surface area contributed by atoms with Gasteiger partial charge in [-0.3, -0.25) is 4.90 Å². The van der Waals surface area contributed by atoms with E-state index in [1.807, 2.05) is 44.3 Å². The van der Waals surface area contributed by atoms with Gasteiger partial charge in [0.05, 0.1) is 10.4 Å². The van der Waals surface area contributed by atoms with Crippen LogP contribution in [0.4, 0.5) is 0 Å². The SMILES string of the molecule is Cc1ccc(S(=O)(=O)n2ccc3c4c(ccc32)OCCN(C)C4)cc1. The molecule has 0 spiro atoms. The third kappa shape index (κ3) is 2.71. The van der Waals surface area contributed by atoms with Gasteiger partial charge in [0.2, 0.25) is 0 Å². The molecule has 2 heterocycles. The summed E-state index contributed by atoms with van der Waals surface area (Å²) in [6.07, 6.45) is 1.63. The van der Waals surface area contributed by atoms with Crippen LogP contribution >= 0.6 is 0 Å². The minimum Gasteiger partial charge on any atom is -0.492 e. The summed E-state index contributed by atoms with van der Waals surface area (Å²) >= 11 is 0. The predicted octanol–water partition coefficient (Wildman–Crippen LogP) is 3.01. The quantitative estimate of drug-likeness (QED) is 0.708. The van der Waals surface area contributed by atoms with E-state index in [2.05, 4.69) is 4.90 Å². The summed E-state index contributed by atoms with van der Waals surface area (Å²) < 4.78 is 33.3. The first-order valence-corrected chi connectivity index (χ1v) is 9.67. The van der Waals surface area contributed by atoms with E-state index in [9.17, 15) is 8.42 Å². The molecule has 1 aromatic heterocycles. The van der Waals surface area contributed by atoms with Crippen LogP contribution < -0.4 is 4.74 Å². The van der Waals surface area contributed by atoms with Crippen LogP contribution in [0, 0.1) is 6.92 Å². The fourth-order valence-corrected chi connectivity index (χ4v) is 4.57. The largest absolute Gasteiger partial charge is 0.492 e. The average molecular weight is 356 g/mol. The van der Waals surface area contributed by atoms with Crippen molar-refractivity contribution in [1.29, 1.82) is 0 Å². The Balaban J connectivity index is 1.88. The molecule has 1 aliphatic heterocycles. The molecule has 0 unspecified atom stereocenters. The maximum atomic E-state index is 13.0. The molecule has 5 nitrogen and oxygen atoms in total. The zero-order chi connectivity index (χ0) is 17.6. The molecule has 4 rings (SSSR count). The van der Waals surface area contributed by atoms with Crippen LogP contribution in [0.2, 0.25) is 0 Å². The second-order valence-corrected chi connectivity index (χ2v) is 8.31. The lowest BCUT2D eigenvalue weighted by Gasteiger charge is -2.13. The number of likely N-dealkylation sites (N-methyl/N-ethyl adjacent to an activating group) is 1. The maximum absolute atomic E-state index is 13.0. The summed E-state index contributed by atoms with van der Waals surface area (Å²) in [5, 5.41) is 0.918. The Morgan fingerprint density at radius 1 is 1.04 bits per heavy atom. The Morgan fingerprint density at radius 2 is 1.80 bits per heavy atom. The smallest absolute Gasteiger partial charge is 0.268 e. The highest BCUT2D eigenvalue weighted by atomic mass is 32.2. The van der Waals surface area contributed by atoms with E-state index in [1.54, 1.807) is 18.3 Å².